The van der Waals surface area contributed by atoms with Crippen LogP contribution in [0.2, 0.25) is 0 Å². The van der Waals surface area contributed by atoms with E-state index < -0.39 is 0 Å². The summed E-state index contributed by atoms with van der Waals surface area (Å²) in [5, 5.41) is 0. The Bertz CT molecular complexity index is 1260. The van der Waals surface area contributed by atoms with Crippen LogP contribution in [0.4, 0.5) is 10.5 Å². The first kappa shape index (κ1) is 29.7. The molecule has 3 heterocycles. The summed E-state index contributed by atoms with van der Waals surface area (Å²) in [5.41, 5.74) is 8.32. The van der Waals surface area contributed by atoms with Crippen LogP contribution in [0.5, 0.6) is 0 Å². The Morgan fingerprint density at radius 1 is 0.837 bits per heavy atom. The standard InChI is InChI=1S/C35H46N4O4/c36-31-12-8-26(9-13-31)14-19-37-22-17-35(18-23-37)25-39(34(42)43-35)24-27-6-10-30(11-7-27)33(41)38-20-15-29(16-21-38)32(40)28-4-2-1-3-5-28/h1-5,8-9,12-13,27,29-30H,6-7,10-11,14-25,36H2. The van der Waals surface area contributed by atoms with Gasteiger partial charge in [0.05, 0.1) is 6.54 Å². The lowest BCUT2D eigenvalue weighted by Gasteiger charge is -2.38. The molecule has 3 saturated heterocycles. The van der Waals surface area contributed by atoms with Gasteiger partial charge in [-0.3, -0.25) is 9.59 Å². The van der Waals surface area contributed by atoms with Crippen molar-refractivity contribution in [1.82, 2.24) is 14.7 Å². The van der Waals surface area contributed by atoms with Crippen LogP contribution in [0.3, 0.4) is 0 Å². The van der Waals surface area contributed by atoms with Crippen molar-refractivity contribution < 1.29 is 19.1 Å². The minimum absolute atomic E-state index is 0.00697. The Hall–Kier alpha value is -3.39. The number of likely N-dealkylation sites (tertiary alicyclic amines) is 2. The van der Waals surface area contributed by atoms with Crippen molar-refractivity contribution >= 4 is 23.5 Å². The lowest BCUT2D eigenvalue weighted by Crippen LogP contribution is -2.47. The minimum atomic E-state index is -0.351. The zero-order valence-corrected chi connectivity index (χ0v) is 25.3. The maximum Gasteiger partial charge on any atom is 0.410 e. The molecule has 4 fully saturated rings. The topological polar surface area (TPSA) is 96.2 Å². The summed E-state index contributed by atoms with van der Waals surface area (Å²) in [6.07, 6.45) is 7.77. The number of carbonyl (C=O) groups excluding carboxylic acids is 3. The summed E-state index contributed by atoms with van der Waals surface area (Å²) in [5.74, 6) is 0.947. The number of piperidine rings is 2. The Balaban J connectivity index is 0.905. The van der Waals surface area contributed by atoms with E-state index in [1.165, 1.54) is 5.56 Å². The monoisotopic (exact) mass is 586 g/mol. The first-order valence-electron chi connectivity index (χ1n) is 16.3. The molecule has 0 radical (unpaired) electrons. The number of ether oxygens (including phenoxy) is 1. The average Bonchev–Trinajstić information content (AvgIpc) is 3.35. The first-order valence-corrected chi connectivity index (χ1v) is 16.3. The van der Waals surface area contributed by atoms with Crippen molar-refractivity contribution in [2.75, 3.05) is 51.5 Å². The van der Waals surface area contributed by atoms with E-state index in [0.717, 1.165) is 95.2 Å². The van der Waals surface area contributed by atoms with E-state index in [9.17, 15) is 14.4 Å². The molecule has 1 spiro atoms. The molecule has 1 aliphatic carbocycles. The van der Waals surface area contributed by atoms with Gasteiger partial charge in [0, 0.05) is 75.2 Å². The Morgan fingerprint density at radius 2 is 1.51 bits per heavy atom. The van der Waals surface area contributed by atoms with E-state index in [1.54, 1.807) is 0 Å². The van der Waals surface area contributed by atoms with Gasteiger partial charge < -0.3 is 25.2 Å². The highest BCUT2D eigenvalue weighted by Crippen LogP contribution is 2.37. The molecule has 2 aromatic carbocycles. The average molecular weight is 587 g/mol. The van der Waals surface area contributed by atoms with E-state index >= 15 is 0 Å². The van der Waals surface area contributed by atoms with Gasteiger partial charge in [-0.15, -0.1) is 0 Å². The van der Waals surface area contributed by atoms with Crippen molar-refractivity contribution in [2.45, 2.75) is 63.4 Å². The number of anilines is 1. The molecule has 3 aliphatic heterocycles. The molecule has 2 N–H and O–H groups in total. The fourth-order valence-electron chi connectivity index (χ4n) is 7.61. The predicted molar refractivity (Wildman–Crippen MR) is 167 cm³/mol. The molecule has 43 heavy (non-hydrogen) atoms. The second kappa shape index (κ2) is 13.1. The lowest BCUT2D eigenvalue weighted by atomic mass is 9.80. The zero-order chi connectivity index (χ0) is 29.8. The maximum absolute atomic E-state index is 13.3. The van der Waals surface area contributed by atoms with Crippen LogP contribution >= 0.6 is 0 Å². The SMILES string of the molecule is Nc1ccc(CCN2CCC3(CC2)CN(CC2CCC(C(=O)N4CCC(C(=O)c5ccccc5)CC4)CC2)C(=O)O3)cc1. The number of hydrogen-bond donors (Lipinski definition) is 1. The molecule has 230 valence electrons. The summed E-state index contributed by atoms with van der Waals surface area (Å²) in [6, 6.07) is 17.6. The summed E-state index contributed by atoms with van der Waals surface area (Å²) in [7, 11) is 0. The highest BCUT2D eigenvalue weighted by Gasteiger charge is 2.47. The van der Waals surface area contributed by atoms with E-state index in [2.05, 4.69) is 17.0 Å². The van der Waals surface area contributed by atoms with Gasteiger partial charge in [-0.1, -0.05) is 42.5 Å². The van der Waals surface area contributed by atoms with Crippen molar-refractivity contribution in [3.8, 4) is 0 Å². The van der Waals surface area contributed by atoms with Crippen LogP contribution in [-0.2, 0) is 16.0 Å². The van der Waals surface area contributed by atoms with E-state index in [1.807, 2.05) is 52.3 Å². The van der Waals surface area contributed by atoms with Crippen molar-refractivity contribution in [3.05, 3.63) is 65.7 Å². The number of carbonyl (C=O) groups is 3. The highest BCUT2D eigenvalue weighted by atomic mass is 16.6. The van der Waals surface area contributed by atoms with E-state index in [-0.39, 0.29) is 35.2 Å². The number of nitrogen functional groups attached to an aromatic ring is 1. The van der Waals surface area contributed by atoms with Crippen LogP contribution in [0, 0.1) is 17.8 Å². The van der Waals surface area contributed by atoms with Gasteiger partial charge in [-0.05, 0) is 68.6 Å². The van der Waals surface area contributed by atoms with Crippen molar-refractivity contribution in [3.63, 3.8) is 0 Å². The van der Waals surface area contributed by atoms with Gasteiger partial charge in [0.15, 0.2) is 5.78 Å². The minimum Gasteiger partial charge on any atom is -0.441 e. The van der Waals surface area contributed by atoms with Gasteiger partial charge in [-0.2, -0.15) is 0 Å². The van der Waals surface area contributed by atoms with Gasteiger partial charge in [-0.25, -0.2) is 4.79 Å². The highest BCUT2D eigenvalue weighted by molar-refractivity contribution is 5.98. The fourth-order valence-corrected chi connectivity index (χ4v) is 7.61. The second-order valence-electron chi connectivity index (χ2n) is 13.3. The van der Waals surface area contributed by atoms with Crippen LogP contribution in [0.15, 0.2) is 54.6 Å². The molecule has 2 amide bonds. The smallest absolute Gasteiger partial charge is 0.410 e. The van der Waals surface area contributed by atoms with E-state index in [0.29, 0.717) is 25.6 Å². The molecule has 0 atom stereocenters. The van der Waals surface area contributed by atoms with Gasteiger partial charge >= 0.3 is 6.09 Å². The molecule has 1 saturated carbocycles. The summed E-state index contributed by atoms with van der Waals surface area (Å²) < 4.78 is 6.02. The number of nitrogens with two attached hydrogens (primary N) is 1. The van der Waals surface area contributed by atoms with Gasteiger partial charge in [0.25, 0.3) is 0 Å². The molecule has 8 heteroatoms. The predicted octanol–water partition coefficient (Wildman–Crippen LogP) is 5.03. The summed E-state index contributed by atoms with van der Waals surface area (Å²) >= 11 is 0. The third-order valence-corrected chi connectivity index (χ3v) is 10.4. The number of rotatable bonds is 8. The van der Waals surface area contributed by atoms with Gasteiger partial charge in [0.1, 0.15) is 5.60 Å². The van der Waals surface area contributed by atoms with E-state index in [4.69, 9.17) is 10.5 Å². The molecule has 0 unspecified atom stereocenters. The quantitative estimate of drug-likeness (QED) is 0.345. The molecule has 0 bridgehead atoms. The fraction of sp³-hybridized carbons (Fsp3) is 0.571. The lowest BCUT2D eigenvalue weighted by molar-refractivity contribution is -0.138. The Morgan fingerprint density at radius 3 is 2.19 bits per heavy atom. The van der Waals surface area contributed by atoms with Crippen LogP contribution in [0.25, 0.3) is 0 Å². The third-order valence-electron chi connectivity index (χ3n) is 10.4. The third kappa shape index (κ3) is 7.06. The first-order chi connectivity index (χ1) is 20.9. The second-order valence-corrected chi connectivity index (χ2v) is 13.3. The van der Waals surface area contributed by atoms with Crippen molar-refractivity contribution in [1.29, 1.82) is 0 Å². The number of benzene rings is 2. The summed E-state index contributed by atoms with van der Waals surface area (Å²) in [4.78, 5) is 45.4. The van der Waals surface area contributed by atoms with Crippen LogP contribution in [-0.4, -0.2) is 83.9 Å². The van der Waals surface area contributed by atoms with Crippen molar-refractivity contribution in [2.24, 2.45) is 17.8 Å². The molecular formula is C35H46N4O4. The molecular weight excluding hydrogens is 540 g/mol. The zero-order valence-electron chi connectivity index (χ0n) is 25.3. The molecule has 4 aliphatic rings. The number of amides is 2. The Labute approximate surface area is 255 Å². The van der Waals surface area contributed by atoms with Crippen LogP contribution < -0.4 is 5.73 Å². The van der Waals surface area contributed by atoms with Gasteiger partial charge in [0.2, 0.25) is 5.91 Å². The maximum atomic E-state index is 13.3. The molecule has 6 rings (SSSR count). The summed E-state index contributed by atoms with van der Waals surface area (Å²) in [6.45, 7) is 5.65. The normalized spacial score (nSPS) is 24.7. The number of hydrogen-bond acceptors (Lipinski definition) is 6. The number of ketones is 1. The molecule has 2 aromatic rings. The Kier molecular flexibility index (Phi) is 9.03. The van der Waals surface area contributed by atoms with Crippen LogP contribution in [0.1, 0.15) is 67.3 Å². The molecule has 0 aromatic heterocycles. The number of Topliss-reactive ketones (excluding diaryl/α,β-unsaturated/α-hetero) is 1. The molecule has 8 nitrogen and oxygen atoms in total. The largest absolute Gasteiger partial charge is 0.441 e. The number of nitrogens with zero attached hydrogens (tertiary/aromatic N) is 3.